The van der Waals surface area contributed by atoms with Crippen molar-refractivity contribution in [3.8, 4) is 0 Å². The number of ether oxygens (including phenoxy) is 1. The Labute approximate surface area is 148 Å². The molecule has 0 atom stereocenters. The summed E-state index contributed by atoms with van der Waals surface area (Å²) in [6.07, 6.45) is -0.660. The van der Waals surface area contributed by atoms with Crippen LogP contribution in [0.25, 0.3) is 0 Å². The van der Waals surface area contributed by atoms with Gasteiger partial charge in [0.15, 0.2) is 0 Å². The number of allylic oxidation sites excluding steroid dienone is 2. The van der Waals surface area contributed by atoms with Crippen LogP contribution in [-0.4, -0.2) is 53.3 Å². The van der Waals surface area contributed by atoms with E-state index in [-0.39, 0.29) is 18.7 Å². The fourth-order valence-electron chi connectivity index (χ4n) is 2.76. The molecule has 0 unspecified atom stereocenters. The Morgan fingerprint density at radius 3 is 2.33 bits per heavy atom. The molecule has 0 aromatic rings. The van der Waals surface area contributed by atoms with Crippen molar-refractivity contribution in [3.05, 3.63) is 22.3 Å². The number of amides is 1. The van der Waals surface area contributed by atoms with Crippen molar-refractivity contribution in [2.45, 2.75) is 51.4 Å². The van der Waals surface area contributed by atoms with Crippen molar-refractivity contribution in [2.24, 2.45) is 0 Å². The van der Waals surface area contributed by atoms with E-state index < -0.39 is 17.4 Å². The van der Waals surface area contributed by atoms with E-state index in [2.05, 4.69) is 15.9 Å². The molecule has 24 heavy (non-hydrogen) atoms. The van der Waals surface area contributed by atoms with Crippen LogP contribution in [0.1, 0.15) is 33.6 Å². The third-order valence-corrected chi connectivity index (χ3v) is 4.34. The smallest absolute Gasteiger partial charge is 0.414 e. The van der Waals surface area contributed by atoms with Crippen LogP contribution in [-0.2, 0) is 4.74 Å². The maximum atomic E-state index is 13.0. The average Bonchev–Trinajstić information content (AvgIpc) is 2.44. The standard InChI is InChI=1S/C16H22BrF3N2O2/c1-15(2,3)24-14(23)21-6-4-13(5-7-21)22-9-11(16(18,19)20)8-12(17)10-22/h8,10,13H,4-7,9H2,1-3H3. The van der Waals surface area contributed by atoms with Crippen molar-refractivity contribution < 1.29 is 22.7 Å². The summed E-state index contributed by atoms with van der Waals surface area (Å²) in [5.41, 5.74) is -1.12. The average molecular weight is 411 g/mol. The van der Waals surface area contributed by atoms with Gasteiger partial charge in [0.1, 0.15) is 5.60 Å². The van der Waals surface area contributed by atoms with Gasteiger partial charge in [0.25, 0.3) is 0 Å². The van der Waals surface area contributed by atoms with Crippen molar-refractivity contribution in [2.75, 3.05) is 19.6 Å². The lowest BCUT2D eigenvalue weighted by Crippen LogP contribution is -2.47. The molecule has 1 fully saturated rings. The molecule has 136 valence electrons. The highest BCUT2D eigenvalue weighted by Gasteiger charge is 2.38. The van der Waals surface area contributed by atoms with Crippen LogP contribution >= 0.6 is 15.9 Å². The number of carbonyl (C=O) groups excluding carboxylic acids is 1. The lowest BCUT2D eigenvalue weighted by Gasteiger charge is -2.40. The van der Waals surface area contributed by atoms with E-state index in [0.29, 0.717) is 30.4 Å². The van der Waals surface area contributed by atoms with Crippen molar-refractivity contribution >= 4 is 22.0 Å². The third kappa shape index (κ3) is 5.16. The largest absolute Gasteiger partial charge is 0.444 e. The molecule has 2 rings (SSSR count). The Kier molecular flexibility index (Phi) is 5.57. The lowest BCUT2D eigenvalue weighted by atomic mass is 10.0. The van der Waals surface area contributed by atoms with Crippen LogP contribution in [0.5, 0.6) is 0 Å². The molecule has 2 aliphatic rings. The number of rotatable bonds is 1. The molecule has 0 aromatic carbocycles. The Hall–Kier alpha value is -1.18. The summed E-state index contributed by atoms with van der Waals surface area (Å²) in [5.74, 6) is 0. The molecule has 0 radical (unpaired) electrons. The number of alkyl halides is 3. The SMILES string of the molecule is CC(C)(C)OC(=O)N1CCC(N2C=C(Br)C=C(C(F)(F)F)C2)CC1. The second-order valence-electron chi connectivity index (χ2n) is 7.05. The van der Waals surface area contributed by atoms with Gasteiger partial charge < -0.3 is 14.5 Å². The van der Waals surface area contributed by atoms with E-state index in [9.17, 15) is 18.0 Å². The van der Waals surface area contributed by atoms with Crippen LogP contribution in [0.2, 0.25) is 0 Å². The van der Waals surface area contributed by atoms with Crippen LogP contribution in [0.3, 0.4) is 0 Å². The summed E-state index contributed by atoms with van der Waals surface area (Å²) in [4.78, 5) is 15.4. The van der Waals surface area contributed by atoms with Gasteiger partial charge in [-0.3, -0.25) is 0 Å². The number of nitrogens with zero attached hydrogens (tertiary/aromatic N) is 2. The number of carbonyl (C=O) groups is 1. The zero-order valence-corrected chi connectivity index (χ0v) is 15.6. The molecule has 2 aliphatic heterocycles. The van der Waals surface area contributed by atoms with E-state index in [1.54, 1.807) is 36.8 Å². The second-order valence-corrected chi connectivity index (χ2v) is 7.97. The third-order valence-electron chi connectivity index (χ3n) is 3.90. The highest BCUT2D eigenvalue weighted by molar-refractivity contribution is 9.11. The highest BCUT2D eigenvalue weighted by atomic mass is 79.9. The summed E-state index contributed by atoms with van der Waals surface area (Å²) in [7, 11) is 0. The zero-order chi connectivity index (χ0) is 18.1. The summed E-state index contributed by atoms with van der Waals surface area (Å²) in [6, 6.07) is -0.0257. The monoisotopic (exact) mass is 410 g/mol. The molecule has 0 bridgehead atoms. The Morgan fingerprint density at radius 1 is 1.25 bits per heavy atom. The van der Waals surface area contributed by atoms with Crippen LogP contribution in [0.15, 0.2) is 22.3 Å². The fraction of sp³-hybridized carbons (Fsp3) is 0.688. The minimum atomic E-state index is -4.33. The van der Waals surface area contributed by atoms with E-state index >= 15 is 0 Å². The molecule has 0 aliphatic carbocycles. The van der Waals surface area contributed by atoms with Gasteiger partial charge in [-0.2, -0.15) is 13.2 Å². The molecule has 4 nitrogen and oxygen atoms in total. The fourth-order valence-corrected chi connectivity index (χ4v) is 3.30. The Morgan fingerprint density at radius 2 is 1.83 bits per heavy atom. The second kappa shape index (κ2) is 6.98. The van der Waals surface area contributed by atoms with Crippen molar-refractivity contribution in [3.63, 3.8) is 0 Å². The van der Waals surface area contributed by atoms with Crippen LogP contribution < -0.4 is 0 Å². The zero-order valence-electron chi connectivity index (χ0n) is 14.0. The Balaban J connectivity index is 1.93. The van der Waals surface area contributed by atoms with Gasteiger partial charge in [-0.15, -0.1) is 0 Å². The van der Waals surface area contributed by atoms with Crippen LogP contribution in [0, 0.1) is 0 Å². The molecule has 0 aromatic heterocycles. The first-order valence-electron chi connectivity index (χ1n) is 7.84. The van der Waals surface area contributed by atoms with Crippen LogP contribution in [0.4, 0.5) is 18.0 Å². The Bertz CT molecular complexity index is 545. The van der Waals surface area contributed by atoms with Gasteiger partial charge in [-0.1, -0.05) is 0 Å². The number of piperidine rings is 1. The van der Waals surface area contributed by atoms with Gasteiger partial charge in [-0.25, -0.2) is 4.79 Å². The number of hydrogen-bond acceptors (Lipinski definition) is 3. The summed E-state index contributed by atoms with van der Waals surface area (Å²) in [6.45, 7) is 6.21. The predicted molar refractivity (Wildman–Crippen MR) is 88.7 cm³/mol. The molecule has 0 saturated carbocycles. The maximum absolute atomic E-state index is 13.0. The first kappa shape index (κ1) is 19.1. The van der Waals surface area contributed by atoms with Gasteiger partial charge in [0, 0.05) is 36.4 Å². The minimum Gasteiger partial charge on any atom is -0.444 e. The molecule has 0 N–H and O–H groups in total. The van der Waals surface area contributed by atoms with Crippen molar-refractivity contribution in [1.82, 2.24) is 9.80 Å². The van der Waals surface area contributed by atoms with Gasteiger partial charge in [0.05, 0.1) is 5.57 Å². The number of halogens is 4. The summed E-state index contributed by atoms with van der Waals surface area (Å²) in [5, 5.41) is 0. The normalized spacial score (nSPS) is 20.6. The molecule has 0 spiro atoms. The first-order chi connectivity index (χ1) is 11.0. The molecule has 2 heterocycles. The molecule has 1 saturated heterocycles. The van der Waals surface area contributed by atoms with E-state index in [4.69, 9.17) is 4.74 Å². The predicted octanol–water partition coefficient (Wildman–Crippen LogP) is 4.43. The van der Waals surface area contributed by atoms with Gasteiger partial charge in [-0.05, 0) is 55.6 Å². The van der Waals surface area contributed by atoms with Gasteiger partial charge in [0.2, 0.25) is 0 Å². The number of likely N-dealkylation sites (tertiary alicyclic amines) is 1. The molecule has 8 heteroatoms. The first-order valence-corrected chi connectivity index (χ1v) is 8.64. The minimum absolute atomic E-state index is 0.0257. The van der Waals surface area contributed by atoms with E-state index in [0.717, 1.165) is 6.08 Å². The molecular weight excluding hydrogens is 389 g/mol. The van der Waals surface area contributed by atoms with Gasteiger partial charge >= 0.3 is 12.3 Å². The lowest BCUT2D eigenvalue weighted by molar-refractivity contribution is -0.0962. The number of hydrogen-bond donors (Lipinski definition) is 0. The van der Waals surface area contributed by atoms with E-state index in [1.807, 2.05) is 0 Å². The molecule has 1 amide bonds. The molecular formula is C16H22BrF3N2O2. The highest BCUT2D eigenvalue weighted by Crippen LogP contribution is 2.33. The maximum Gasteiger partial charge on any atom is 0.414 e. The topological polar surface area (TPSA) is 32.8 Å². The van der Waals surface area contributed by atoms with Crippen molar-refractivity contribution in [1.29, 1.82) is 0 Å². The summed E-state index contributed by atoms with van der Waals surface area (Å²) < 4.78 is 44.6. The van der Waals surface area contributed by atoms with E-state index in [1.165, 1.54) is 0 Å². The quantitative estimate of drug-likeness (QED) is 0.640. The summed E-state index contributed by atoms with van der Waals surface area (Å²) >= 11 is 3.15.